The Labute approximate surface area is 526 Å². The monoisotopic (exact) mass is 1180 g/mol. The van der Waals surface area contributed by atoms with E-state index in [1.165, 1.54) is 0 Å². The molecule has 0 aliphatic carbocycles. The molecule has 0 aliphatic rings. The van der Waals surface area contributed by atoms with Crippen molar-refractivity contribution in [1.29, 1.82) is 0 Å². The second-order valence-electron chi connectivity index (χ2n) is 20.8. The van der Waals surface area contributed by atoms with Gasteiger partial charge in [0, 0.05) is 110 Å². The van der Waals surface area contributed by atoms with Crippen molar-refractivity contribution >= 4 is 18.9 Å². The lowest BCUT2D eigenvalue weighted by Gasteiger charge is -2.26. The van der Waals surface area contributed by atoms with Crippen molar-refractivity contribution in [2.75, 3.05) is 0 Å². The normalized spacial score (nSPS) is 10.5. The van der Waals surface area contributed by atoms with Crippen LogP contribution in [-0.4, -0.2) is 48.8 Å². The van der Waals surface area contributed by atoms with Gasteiger partial charge in [0.1, 0.15) is 55.9 Å². The highest BCUT2D eigenvalue weighted by Crippen LogP contribution is 2.45. The van der Waals surface area contributed by atoms with Gasteiger partial charge in [-0.3, -0.25) is 44.3 Å². The molecule has 0 unspecified atom stereocenters. The number of carbonyl (C=O) groups excluding carboxylic acids is 3. The van der Waals surface area contributed by atoms with Crippen LogP contribution >= 0.6 is 0 Å². The fourth-order valence-corrected chi connectivity index (χ4v) is 9.96. The number of hydrogen-bond acceptors (Lipinski definition) is 12. The van der Waals surface area contributed by atoms with E-state index < -0.39 is 5.92 Å². The second kappa shape index (κ2) is 28.7. The Balaban J connectivity index is 0.834. The van der Waals surface area contributed by atoms with Crippen LogP contribution in [0.4, 0.5) is 0 Å². The molecule has 0 amide bonds. The first-order valence-electron chi connectivity index (χ1n) is 29.0. The van der Waals surface area contributed by atoms with E-state index in [-0.39, 0.29) is 19.8 Å². The number of para-hydroxylation sites is 3. The SMILES string of the molecule is O=Cc1ccc(C#Cc2ccnc(-c3cc(COc4ccccc4C(c4ccccc4OCc4ccnc(-c5cc(C#Cc6ccc(C=O)cc6)ccn5)c4)c4ccccc4OCc4ccnc(-c5cc(C#Cc6ccc(C=O)cc6)ccn5)c4)ccn3)c2)cc1. The molecule has 12 heteroatoms. The average molecular weight is 1180 g/mol. The molecule has 12 rings (SSSR count). The third-order valence-corrected chi connectivity index (χ3v) is 14.6. The molecule has 0 fully saturated rings. The number of nitrogens with zero attached hydrogens (tertiary/aromatic N) is 6. The van der Waals surface area contributed by atoms with Crippen molar-refractivity contribution in [2.45, 2.75) is 25.7 Å². The fraction of sp³-hybridized carbons (Fsp3) is 0.0506. The van der Waals surface area contributed by atoms with Gasteiger partial charge in [-0.15, -0.1) is 0 Å². The molecule has 0 atom stereocenters. The first-order chi connectivity index (χ1) is 44.9. The number of hydrogen-bond donors (Lipinski definition) is 0. The van der Waals surface area contributed by atoms with Gasteiger partial charge in [-0.1, -0.05) is 127 Å². The maximum Gasteiger partial charge on any atom is 0.150 e. The van der Waals surface area contributed by atoms with Gasteiger partial charge in [0.15, 0.2) is 0 Å². The quantitative estimate of drug-likeness (QED) is 0.0456. The summed E-state index contributed by atoms with van der Waals surface area (Å²) in [5.41, 5.74) is 15.6. The Morgan fingerprint density at radius 1 is 0.286 bits per heavy atom. The van der Waals surface area contributed by atoms with E-state index in [0.717, 1.165) is 85.6 Å². The van der Waals surface area contributed by atoms with Gasteiger partial charge in [0.05, 0.1) is 34.2 Å². The van der Waals surface area contributed by atoms with Crippen LogP contribution in [0, 0.1) is 35.5 Å². The first-order valence-corrected chi connectivity index (χ1v) is 29.0. The van der Waals surface area contributed by atoms with E-state index >= 15 is 0 Å². The molecule has 12 nitrogen and oxygen atoms in total. The molecule has 0 spiro atoms. The van der Waals surface area contributed by atoms with Gasteiger partial charge in [-0.2, -0.15) is 0 Å². The van der Waals surface area contributed by atoms with E-state index in [1.807, 2.05) is 164 Å². The van der Waals surface area contributed by atoms with E-state index in [9.17, 15) is 14.4 Å². The zero-order valence-corrected chi connectivity index (χ0v) is 48.8. The first kappa shape index (κ1) is 58.7. The third-order valence-electron chi connectivity index (χ3n) is 14.6. The van der Waals surface area contributed by atoms with Gasteiger partial charge in [-0.05, 0) is 144 Å². The molecule has 0 saturated heterocycles. The number of rotatable bonds is 18. The van der Waals surface area contributed by atoms with E-state index in [4.69, 9.17) is 14.2 Å². The molecule has 12 aromatic rings. The van der Waals surface area contributed by atoms with Crippen LogP contribution in [0.25, 0.3) is 34.2 Å². The summed E-state index contributed by atoms with van der Waals surface area (Å²) in [4.78, 5) is 61.6. The van der Waals surface area contributed by atoms with Crippen molar-refractivity contribution in [3.8, 4) is 86.9 Å². The zero-order chi connectivity index (χ0) is 62.0. The number of ether oxygens (including phenoxy) is 3. The highest BCUT2D eigenvalue weighted by Gasteiger charge is 2.27. The molecule has 6 aromatic carbocycles. The summed E-state index contributed by atoms with van der Waals surface area (Å²) in [6, 6.07) is 68.4. The number of pyridine rings is 6. The van der Waals surface area contributed by atoms with E-state index in [2.05, 4.69) is 83.6 Å². The second-order valence-corrected chi connectivity index (χ2v) is 20.8. The molecule has 434 valence electrons. The largest absolute Gasteiger partial charge is 0.489 e. The lowest BCUT2D eigenvalue weighted by molar-refractivity contribution is 0.111. The molecule has 0 radical (unpaired) electrons. The fourth-order valence-electron chi connectivity index (χ4n) is 9.96. The summed E-state index contributed by atoms with van der Waals surface area (Å²) in [5, 5.41) is 0. The third kappa shape index (κ3) is 15.1. The molecule has 6 heterocycles. The van der Waals surface area contributed by atoms with Crippen LogP contribution in [0.1, 0.15) is 104 Å². The number of benzene rings is 6. The van der Waals surface area contributed by atoms with E-state index in [0.29, 0.717) is 68.1 Å². The minimum atomic E-state index is -0.486. The molecule has 0 aliphatic heterocycles. The summed E-state index contributed by atoms with van der Waals surface area (Å²) in [5.74, 6) is 20.6. The molecular weight excluding hydrogens is 1130 g/mol. The summed E-state index contributed by atoms with van der Waals surface area (Å²) in [6.07, 6.45) is 12.8. The maximum absolute atomic E-state index is 11.2. The molecule has 0 saturated carbocycles. The van der Waals surface area contributed by atoms with Crippen LogP contribution < -0.4 is 14.2 Å². The molecule has 0 N–H and O–H groups in total. The maximum atomic E-state index is 11.2. The Morgan fingerprint density at radius 3 is 0.824 bits per heavy atom. The van der Waals surface area contributed by atoms with Crippen molar-refractivity contribution in [3.05, 3.63) is 339 Å². The van der Waals surface area contributed by atoms with Crippen LogP contribution in [0.5, 0.6) is 17.2 Å². The van der Waals surface area contributed by atoms with Gasteiger partial charge < -0.3 is 14.2 Å². The molecule has 0 bridgehead atoms. The van der Waals surface area contributed by atoms with Crippen LogP contribution in [-0.2, 0) is 19.8 Å². The number of carbonyl (C=O) groups is 3. The van der Waals surface area contributed by atoms with Crippen molar-refractivity contribution in [3.63, 3.8) is 0 Å². The lowest BCUT2D eigenvalue weighted by atomic mass is 9.83. The summed E-state index contributed by atoms with van der Waals surface area (Å²) in [6.45, 7) is 0.630. The lowest BCUT2D eigenvalue weighted by Crippen LogP contribution is -2.11. The Hall–Kier alpha value is -12.7. The number of aldehydes is 3. The Kier molecular flexibility index (Phi) is 18.5. The predicted octanol–water partition coefficient (Wildman–Crippen LogP) is 14.6. The van der Waals surface area contributed by atoms with Crippen molar-refractivity contribution in [2.24, 2.45) is 0 Å². The van der Waals surface area contributed by atoms with Gasteiger partial charge in [0.2, 0.25) is 0 Å². The smallest absolute Gasteiger partial charge is 0.150 e. The minimum Gasteiger partial charge on any atom is -0.489 e. The topological polar surface area (TPSA) is 156 Å². The average Bonchev–Trinajstić information content (AvgIpc) is 0.947. The summed E-state index contributed by atoms with van der Waals surface area (Å²) in [7, 11) is 0. The molecular formula is C79H52N6O6. The predicted molar refractivity (Wildman–Crippen MR) is 349 cm³/mol. The van der Waals surface area contributed by atoms with Gasteiger partial charge >= 0.3 is 0 Å². The Morgan fingerprint density at radius 2 is 0.538 bits per heavy atom. The summed E-state index contributed by atoms with van der Waals surface area (Å²) >= 11 is 0. The van der Waals surface area contributed by atoms with Gasteiger partial charge in [-0.25, -0.2) is 0 Å². The van der Waals surface area contributed by atoms with Crippen molar-refractivity contribution < 1.29 is 28.6 Å². The van der Waals surface area contributed by atoms with Gasteiger partial charge in [0.25, 0.3) is 0 Å². The standard InChI is InChI=1S/C79H52N6O6/c86-49-61-25-16-55(17-26-61)13-22-58-31-37-80-70(43-58)73-46-64(34-40-83-73)52-89-76-10-4-1-7-67(76)79(68-8-2-5-11-77(68)90-53-65-35-41-84-74(47-65)71-44-59(32-38-81-71)23-14-56-18-27-62(50-87)28-19-56)69-9-3-6-12-78(69)91-54-66-36-42-85-75(48-66)72-45-60(33-39-82-72)24-15-57-20-29-63(51-88)30-21-57/h1-12,16-21,25-51,79H,52-54H2. The van der Waals surface area contributed by atoms with E-state index in [1.54, 1.807) is 73.6 Å². The molecule has 91 heavy (non-hydrogen) atoms. The van der Waals surface area contributed by atoms with Crippen LogP contribution in [0.3, 0.4) is 0 Å². The minimum absolute atomic E-state index is 0.210. The van der Waals surface area contributed by atoms with Crippen LogP contribution in [0.15, 0.2) is 256 Å². The highest BCUT2D eigenvalue weighted by atomic mass is 16.5. The van der Waals surface area contributed by atoms with Crippen molar-refractivity contribution in [1.82, 2.24) is 29.9 Å². The Bertz CT molecular complexity index is 4340. The number of aromatic nitrogens is 6. The summed E-state index contributed by atoms with van der Waals surface area (Å²) < 4.78 is 20.7. The highest BCUT2D eigenvalue weighted by molar-refractivity contribution is 5.76. The van der Waals surface area contributed by atoms with Crippen LogP contribution in [0.2, 0.25) is 0 Å². The molecule has 6 aromatic heterocycles. The zero-order valence-electron chi connectivity index (χ0n) is 48.8.